The van der Waals surface area contributed by atoms with E-state index in [1.165, 1.54) is 23.5 Å². The zero-order chi connectivity index (χ0) is 15.4. The third-order valence-corrected chi connectivity index (χ3v) is 4.13. The number of nitrogens with two attached hydrogens (primary N) is 1. The van der Waals surface area contributed by atoms with Crippen molar-refractivity contribution >= 4 is 28.8 Å². The molecule has 0 spiro atoms. The largest absolute Gasteiger partial charge is 0.344 e. The normalized spacial score (nSPS) is 12.2. The molecule has 2 aromatic rings. The van der Waals surface area contributed by atoms with Crippen LogP contribution in [0.4, 0.5) is 4.39 Å². The average molecular weight is 328 g/mol. The first-order chi connectivity index (χ1) is 10.0. The Balaban J connectivity index is 2.05. The summed E-state index contributed by atoms with van der Waals surface area (Å²) in [4.78, 5) is 16.3. The van der Waals surface area contributed by atoms with Gasteiger partial charge < -0.3 is 11.1 Å². The van der Waals surface area contributed by atoms with Crippen LogP contribution in [0.15, 0.2) is 23.6 Å². The number of benzene rings is 1. The standard InChI is InChI=1S/C14H15ClFN3OS/c1-8(9-2-3-11(16)10(15)6-9)18-14(20)12-7-21-13(19-12)4-5-17/h2-3,6-8H,4-5,17H2,1H3,(H,18,20). The minimum Gasteiger partial charge on any atom is -0.344 e. The van der Waals surface area contributed by atoms with Gasteiger partial charge in [-0.3, -0.25) is 4.79 Å². The summed E-state index contributed by atoms with van der Waals surface area (Å²) < 4.78 is 13.1. The van der Waals surface area contributed by atoms with Gasteiger partial charge in [-0.1, -0.05) is 17.7 Å². The Morgan fingerprint density at radius 3 is 3.00 bits per heavy atom. The van der Waals surface area contributed by atoms with Crippen LogP contribution in [0, 0.1) is 5.82 Å². The molecule has 0 aliphatic rings. The number of hydrogen-bond donors (Lipinski definition) is 2. The molecular weight excluding hydrogens is 313 g/mol. The number of nitrogens with zero attached hydrogens (tertiary/aromatic N) is 1. The van der Waals surface area contributed by atoms with Gasteiger partial charge in [-0.25, -0.2) is 9.37 Å². The molecular formula is C14H15ClFN3OS. The van der Waals surface area contributed by atoms with Crippen molar-refractivity contribution in [2.24, 2.45) is 5.73 Å². The van der Waals surface area contributed by atoms with Crippen LogP contribution in [0.1, 0.15) is 34.0 Å². The van der Waals surface area contributed by atoms with Crippen LogP contribution in [0.25, 0.3) is 0 Å². The van der Waals surface area contributed by atoms with Gasteiger partial charge in [0.15, 0.2) is 0 Å². The van der Waals surface area contributed by atoms with Crippen LogP contribution in [0.5, 0.6) is 0 Å². The molecule has 1 aromatic heterocycles. The Morgan fingerprint density at radius 1 is 1.57 bits per heavy atom. The summed E-state index contributed by atoms with van der Waals surface area (Å²) >= 11 is 7.15. The van der Waals surface area contributed by atoms with Crippen molar-refractivity contribution < 1.29 is 9.18 Å². The van der Waals surface area contributed by atoms with Crippen LogP contribution >= 0.6 is 22.9 Å². The highest BCUT2D eigenvalue weighted by atomic mass is 35.5. The summed E-state index contributed by atoms with van der Waals surface area (Å²) in [6.45, 7) is 2.30. The van der Waals surface area contributed by atoms with Crippen LogP contribution in [0.2, 0.25) is 5.02 Å². The summed E-state index contributed by atoms with van der Waals surface area (Å²) in [7, 11) is 0. The zero-order valence-corrected chi connectivity index (χ0v) is 13.0. The summed E-state index contributed by atoms with van der Waals surface area (Å²) in [5.41, 5.74) is 6.55. The summed E-state index contributed by atoms with van der Waals surface area (Å²) in [6, 6.07) is 4.08. The van der Waals surface area contributed by atoms with Gasteiger partial charge in [-0.15, -0.1) is 11.3 Å². The number of carbonyl (C=O) groups excluding carboxylic acids is 1. The number of carbonyl (C=O) groups is 1. The smallest absolute Gasteiger partial charge is 0.271 e. The molecule has 0 fully saturated rings. The highest BCUT2D eigenvalue weighted by molar-refractivity contribution is 7.09. The molecule has 2 rings (SSSR count). The van der Waals surface area contributed by atoms with Crippen molar-refractivity contribution in [3.63, 3.8) is 0 Å². The summed E-state index contributed by atoms with van der Waals surface area (Å²) in [5, 5.41) is 5.37. The van der Waals surface area contributed by atoms with Crippen molar-refractivity contribution in [3.8, 4) is 0 Å². The molecule has 0 saturated carbocycles. The lowest BCUT2D eigenvalue weighted by Crippen LogP contribution is -2.27. The van der Waals surface area contributed by atoms with E-state index in [1.807, 2.05) is 0 Å². The first-order valence-corrected chi connectivity index (χ1v) is 7.67. The van der Waals surface area contributed by atoms with Crippen molar-refractivity contribution in [2.45, 2.75) is 19.4 Å². The van der Waals surface area contributed by atoms with Crippen molar-refractivity contribution in [1.29, 1.82) is 0 Å². The second kappa shape index (κ2) is 6.98. The third kappa shape index (κ3) is 4.00. The number of rotatable bonds is 5. The molecule has 1 unspecified atom stereocenters. The average Bonchev–Trinajstić information content (AvgIpc) is 2.91. The Bertz CT molecular complexity index is 647. The maximum absolute atomic E-state index is 13.1. The monoisotopic (exact) mass is 327 g/mol. The Kier molecular flexibility index (Phi) is 5.27. The summed E-state index contributed by atoms with van der Waals surface area (Å²) in [6.07, 6.45) is 0.654. The number of thiazole rings is 1. The zero-order valence-electron chi connectivity index (χ0n) is 11.4. The van der Waals surface area contributed by atoms with Crippen molar-refractivity contribution in [2.75, 3.05) is 6.54 Å². The molecule has 0 aliphatic carbocycles. The van der Waals surface area contributed by atoms with Gasteiger partial charge in [0.2, 0.25) is 0 Å². The van der Waals surface area contributed by atoms with E-state index < -0.39 is 5.82 Å². The lowest BCUT2D eigenvalue weighted by Gasteiger charge is -2.14. The van der Waals surface area contributed by atoms with Gasteiger partial charge in [0, 0.05) is 11.8 Å². The first-order valence-electron chi connectivity index (χ1n) is 6.41. The Hall–Kier alpha value is -1.50. The minimum absolute atomic E-state index is 0.0347. The van der Waals surface area contributed by atoms with E-state index in [9.17, 15) is 9.18 Å². The number of amides is 1. The Morgan fingerprint density at radius 2 is 2.33 bits per heavy atom. The van der Waals surface area contributed by atoms with Gasteiger partial charge >= 0.3 is 0 Å². The lowest BCUT2D eigenvalue weighted by atomic mass is 10.1. The van der Waals surface area contributed by atoms with E-state index in [4.69, 9.17) is 17.3 Å². The van der Waals surface area contributed by atoms with E-state index in [0.29, 0.717) is 18.7 Å². The molecule has 4 nitrogen and oxygen atoms in total. The van der Waals surface area contributed by atoms with Crippen LogP contribution in [0.3, 0.4) is 0 Å². The molecule has 1 amide bonds. The predicted octanol–water partition coefficient (Wildman–Crippen LogP) is 2.93. The second-order valence-electron chi connectivity index (χ2n) is 4.53. The summed E-state index contributed by atoms with van der Waals surface area (Å²) in [5.74, 6) is -0.757. The van der Waals surface area contributed by atoms with E-state index >= 15 is 0 Å². The quantitative estimate of drug-likeness (QED) is 0.887. The van der Waals surface area contributed by atoms with Gasteiger partial charge in [-0.05, 0) is 31.2 Å². The van der Waals surface area contributed by atoms with Crippen LogP contribution in [-0.4, -0.2) is 17.4 Å². The topological polar surface area (TPSA) is 68.0 Å². The van der Waals surface area contributed by atoms with E-state index in [-0.39, 0.29) is 17.0 Å². The number of nitrogens with one attached hydrogen (secondary N) is 1. The number of halogens is 2. The molecule has 1 atom stereocenters. The van der Waals surface area contributed by atoms with E-state index in [0.717, 1.165) is 10.6 Å². The fourth-order valence-electron chi connectivity index (χ4n) is 1.79. The molecule has 3 N–H and O–H groups in total. The fraction of sp³-hybridized carbons (Fsp3) is 0.286. The maximum atomic E-state index is 13.1. The maximum Gasteiger partial charge on any atom is 0.271 e. The highest BCUT2D eigenvalue weighted by Crippen LogP contribution is 2.21. The van der Waals surface area contributed by atoms with Crippen LogP contribution in [-0.2, 0) is 6.42 Å². The molecule has 1 aromatic carbocycles. The van der Waals surface area contributed by atoms with Crippen molar-refractivity contribution in [3.05, 3.63) is 50.7 Å². The molecule has 1 heterocycles. The molecule has 112 valence electrons. The third-order valence-electron chi connectivity index (χ3n) is 2.93. The highest BCUT2D eigenvalue weighted by Gasteiger charge is 2.15. The van der Waals surface area contributed by atoms with Gasteiger partial charge in [0.05, 0.1) is 16.1 Å². The van der Waals surface area contributed by atoms with Gasteiger partial charge in [-0.2, -0.15) is 0 Å². The molecule has 0 radical (unpaired) electrons. The number of hydrogen-bond acceptors (Lipinski definition) is 4. The van der Waals surface area contributed by atoms with E-state index in [2.05, 4.69) is 10.3 Å². The fourth-order valence-corrected chi connectivity index (χ4v) is 2.77. The molecule has 0 saturated heterocycles. The second-order valence-corrected chi connectivity index (χ2v) is 5.88. The first kappa shape index (κ1) is 15.9. The predicted molar refractivity (Wildman–Crippen MR) is 82.2 cm³/mol. The SMILES string of the molecule is CC(NC(=O)c1csc(CCN)n1)c1ccc(F)c(Cl)c1. The Labute approximate surface area is 131 Å². The molecule has 0 bridgehead atoms. The van der Waals surface area contributed by atoms with Gasteiger partial charge in [0.25, 0.3) is 5.91 Å². The van der Waals surface area contributed by atoms with Crippen LogP contribution < -0.4 is 11.1 Å². The molecule has 0 aliphatic heterocycles. The molecule has 21 heavy (non-hydrogen) atoms. The minimum atomic E-state index is -0.482. The number of aromatic nitrogens is 1. The van der Waals surface area contributed by atoms with Crippen molar-refractivity contribution in [1.82, 2.24) is 10.3 Å². The molecule has 7 heteroatoms. The van der Waals surface area contributed by atoms with Gasteiger partial charge in [0.1, 0.15) is 11.5 Å². The lowest BCUT2D eigenvalue weighted by molar-refractivity contribution is 0.0935. The van der Waals surface area contributed by atoms with E-state index in [1.54, 1.807) is 18.4 Å².